The molecular formula is C11H9BrFNO. The predicted molar refractivity (Wildman–Crippen MR) is 60.6 cm³/mol. The minimum absolute atomic E-state index is 0.0834. The van der Waals surface area contributed by atoms with Crippen LogP contribution in [0.3, 0.4) is 0 Å². The lowest BCUT2D eigenvalue weighted by atomic mass is 10.2. The van der Waals surface area contributed by atoms with Crippen LogP contribution in [0, 0.1) is 5.82 Å². The maximum absolute atomic E-state index is 13.5. The largest absolute Gasteiger partial charge is 0.340 e. The van der Waals surface area contributed by atoms with E-state index in [0.717, 1.165) is 0 Å². The number of rotatable bonds is 1. The Morgan fingerprint density at radius 3 is 2.67 bits per heavy atom. The van der Waals surface area contributed by atoms with E-state index in [1.54, 1.807) is 23.7 Å². The number of halogens is 2. The topological polar surface area (TPSA) is 22.0 Å². The van der Waals surface area contributed by atoms with Crippen molar-refractivity contribution < 1.29 is 9.18 Å². The fourth-order valence-electron chi connectivity index (χ4n) is 1.79. The molecule has 1 heterocycles. The first-order valence-corrected chi connectivity index (χ1v) is 5.26. The summed E-state index contributed by atoms with van der Waals surface area (Å²) in [5.74, 6) is -0.401. The highest BCUT2D eigenvalue weighted by Crippen LogP contribution is 2.32. The molecule has 0 unspecified atom stereocenters. The van der Waals surface area contributed by atoms with Gasteiger partial charge in [-0.15, -0.1) is 0 Å². The van der Waals surface area contributed by atoms with E-state index in [1.165, 1.54) is 13.0 Å². The van der Waals surface area contributed by atoms with Crippen LogP contribution in [0.4, 0.5) is 4.39 Å². The summed E-state index contributed by atoms with van der Waals surface area (Å²) in [5, 5.41) is 0.463. The highest BCUT2D eigenvalue weighted by atomic mass is 79.9. The molecule has 78 valence electrons. The summed E-state index contributed by atoms with van der Waals surface area (Å²) >= 11 is 3.27. The summed E-state index contributed by atoms with van der Waals surface area (Å²) < 4.78 is 15.8. The van der Waals surface area contributed by atoms with Crippen molar-refractivity contribution >= 4 is 32.6 Å². The Balaban J connectivity index is 2.98. The number of carbonyl (C=O) groups excluding carboxylic acids is 1. The molecule has 0 bridgehead atoms. The fraction of sp³-hybridized carbons (Fsp3) is 0.182. The summed E-state index contributed by atoms with van der Waals surface area (Å²) in [6.07, 6.45) is 0. The Hall–Kier alpha value is -1.16. The zero-order valence-electron chi connectivity index (χ0n) is 8.34. The van der Waals surface area contributed by atoms with Gasteiger partial charge in [0.2, 0.25) is 0 Å². The molecule has 0 amide bonds. The molecule has 0 N–H and O–H groups in total. The maximum Gasteiger partial charge on any atom is 0.177 e. The third-order valence-electron chi connectivity index (χ3n) is 2.45. The summed E-state index contributed by atoms with van der Waals surface area (Å²) in [4.78, 5) is 11.4. The maximum atomic E-state index is 13.5. The fourth-order valence-corrected chi connectivity index (χ4v) is 2.72. The molecule has 0 aliphatic rings. The van der Waals surface area contributed by atoms with E-state index in [0.29, 0.717) is 21.1 Å². The molecule has 2 rings (SSSR count). The number of Topliss-reactive ketones (excluding diaryl/α,β-unsaturated/α-hetero) is 1. The van der Waals surface area contributed by atoms with Crippen molar-refractivity contribution in [3.63, 3.8) is 0 Å². The number of ketones is 1. The molecule has 0 aliphatic heterocycles. The van der Waals surface area contributed by atoms with E-state index in [1.807, 2.05) is 0 Å². The minimum Gasteiger partial charge on any atom is -0.340 e. The second-order valence-electron chi connectivity index (χ2n) is 3.41. The lowest BCUT2D eigenvalue weighted by molar-refractivity contribution is 0.101. The van der Waals surface area contributed by atoms with Crippen LogP contribution in [0.1, 0.15) is 17.4 Å². The lowest BCUT2D eigenvalue weighted by Crippen LogP contribution is -2.01. The Morgan fingerprint density at radius 1 is 1.47 bits per heavy atom. The zero-order valence-corrected chi connectivity index (χ0v) is 9.93. The quantitative estimate of drug-likeness (QED) is 0.729. The van der Waals surface area contributed by atoms with E-state index in [9.17, 15) is 9.18 Å². The lowest BCUT2D eigenvalue weighted by Gasteiger charge is -1.99. The van der Waals surface area contributed by atoms with Crippen molar-refractivity contribution in [1.82, 2.24) is 4.57 Å². The predicted octanol–water partition coefficient (Wildman–Crippen LogP) is 3.28. The molecule has 15 heavy (non-hydrogen) atoms. The van der Waals surface area contributed by atoms with Gasteiger partial charge in [0.05, 0.1) is 21.1 Å². The molecule has 0 atom stereocenters. The van der Waals surface area contributed by atoms with Crippen molar-refractivity contribution in [3.8, 4) is 0 Å². The molecule has 2 aromatic rings. The van der Waals surface area contributed by atoms with Crippen molar-refractivity contribution in [2.45, 2.75) is 6.92 Å². The minimum atomic E-state index is -0.317. The van der Waals surface area contributed by atoms with Gasteiger partial charge in [-0.3, -0.25) is 4.79 Å². The molecule has 0 saturated carbocycles. The first kappa shape index (κ1) is 10.4. The zero-order chi connectivity index (χ0) is 11.2. The average molecular weight is 270 g/mol. The molecule has 0 saturated heterocycles. The van der Waals surface area contributed by atoms with Crippen LogP contribution in [0.25, 0.3) is 10.9 Å². The van der Waals surface area contributed by atoms with E-state index >= 15 is 0 Å². The van der Waals surface area contributed by atoms with Crippen molar-refractivity contribution in [3.05, 3.63) is 34.2 Å². The van der Waals surface area contributed by atoms with Gasteiger partial charge in [0.15, 0.2) is 5.78 Å². The number of aromatic nitrogens is 1. The summed E-state index contributed by atoms with van der Waals surface area (Å²) in [5.41, 5.74) is 1.21. The van der Waals surface area contributed by atoms with Crippen molar-refractivity contribution in [2.24, 2.45) is 7.05 Å². The van der Waals surface area contributed by atoms with Gasteiger partial charge in [-0.1, -0.05) is 6.07 Å². The van der Waals surface area contributed by atoms with Gasteiger partial charge < -0.3 is 4.57 Å². The van der Waals surface area contributed by atoms with Gasteiger partial charge in [0, 0.05) is 14.0 Å². The van der Waals surface area contributed by atoms with Crippen LogP contribution >= 0.6 is 15.9 Å². The standard InChI is InChI=1S/C11H9BrFNO/c1-6(15)11-10(12)9-7(13)4-3-5-8(9)14(11)2/h3-5H,1-2H3. The van der Waals surface area contributed by atoms with Crippen LogP contribution in [0.2, 0.25) is 0 Å². The van der Waals surface area contributed by atoms with Crippen LogP contribution < -0.4 is 0 Å². The normalized spacial score (nSPS) is 10.9. The van der Waals surface area contributed by atoms with Crippen molar-refractivity contribution in [2.75, 3.05) is 0 Å². The van der Waals surface area contributed by atoms with Gasteiger partial charge in [-0.2, -0.15) is 0 Å². The monoisotopic (exact) mass is 269 g/mol. The second kappa shape index (κ2) is 3.45. The van der Waals surface area contributed by atoms with Gasteiger partial charge >= 0.3 is 0 Å². The second-order valence-corrected chi connectivity index (χ2v) is 4.20. The first-order valence-electron chi connectivity index (χ1n) is 4.47. The Morgan fingerprint density at radius 2 is 2.13 bits per heavy atom. The number of hydrogen-bond acceptors (Lipinski definition) is 1. The van der Waals surface area contributed by atoms with Crippen LogP contribution in [0.5, 0.6) is 0 Å². The highest BCUT2D eigenvalue weighted by Gasteiger charge is 2.18. The average Bonchev–Trinajstić information content (AvgIpc) is 2.40. The smallest absolute Gasteiger partial charge is 0.177 e. The van der Waals surface area contributed by atoms with Gasteiger partial charge in [0.1, 0.15) is 5.82 Å². The van der Waals surface area contributed by atoms with E-state index in [2.05, 4.69) is 15.9 Å². The number of fused-ring (bicyclic) bond motifs is 1. The van der Waals surface area contributed by atoms with Crippen LogP contribution in [-0.4, -0.2) is 10.4 Å². The molecule has 2 nitrogen and oxygen atoms in total. The number of hydrogen-bond donors (Lipinski definition) is 0. The summed E-state index contributed by atoms with van der Waals surface area (Å²) in [6.45, 7) is 1.47. The number of carbonyl (C=O) groups is 1. The number of aryl methyl sites for hydroxylation is 1. The number of nitrogens with zero attached hydrogens (tertiary/aromatic N) is 1. The van der Waals surface area contributed by atoms with Gasteiger partial charge in [-0.25, -0.2) is 4.39 Å². The van der Waals surface area contributed by atoms with E-state index < -0.39 is 0 Å². The Bertz CT molecular complexity index is 559. The number of benzene rings is 1. The molecule has 0 fully saturated rings. The molecular weight excluding hydrogens is 261 g/mol. The molecule has 1 aromatic carbocycles. The molecule has 0 spiro atoms. The SMILES string of the molecule is CC(=O)c1c(Br)c2c(F)cccc2n1C. The van der Waals surface area contributed by atoms with Crippen LogP contribution in [0.15, 0.2) is 22.7 Å². The van der Waals surface area contributed by atoms with Crippen LogP contribution in [-0.2, 0) is 7.05 Å². The van der Waals surface area contributed by atoms with E-state index in [-0.39, 0.29) is 11.6 Å². The third kappa shape index (κ3) is 1.40. The first-order chi connectivity index (χ1) is 7.04. The highest BCUT2D eigenvalue weighted by molar-refractivity contribution is 9.10. The van der Waals surface area contributed by atoms with E-state index in [4.69, 9.17) is 0 Å². The van der Waals surface area contributed by atoms with Gasteiger partial charge in [0.25, 0.3) is 0 Å². The summed E-state index contributed by atoms with van der Waals surface area (Å²) in [6, 6.07) is 4.81. The molecule has 1 aromatic heterocycles. The van der Waals surface area contributed by atoms with Crippen molar-refractivity contribution in [1.29, 1.82) is 0 Å². The Labute approximate surface area is 94.8 Å². The Kier molecular flexibility index (Phi) is 2.38. The third-order valence-corrected chi connectivity index (χ3v) is 3.22. The summed E-state index contributed by atoms with van der Waals surface area (Å²) in [7, 11) is 1.75. The molecule has 0 radical (unpaired) electrons. The molecule has 4 heteroatoms. The molecule has 0 aliphatic carbocycles. The van der Waals surface area contributed by atoms with Gasteiger partial charge in [-0.05, 0) is 28.1 Å².